The van der Waals surface area contributed by atoms with Crippen molar-refractivity contribution in [1.29, 1.82) is 0 Å². The molecule has 2 aromatic carbocycles. The van der Waals surface area contributed by atoms with Crippen molar-refractivity contribution in [2.24, 2.45) is 0 Å². The van der Waals surface area contributed by atoms with Gasteiger partial charge in [0.25, 0.3) is 5.91 Å². The van der Waals surface area contributed by atoms with Gasteiger partial charge >= 0.3 is 0 Å². The van der Waals surface area contributed by atoms with E-state index >= 15 is 0 Å². The van der Waals surface area contributed by atoms with Crippen LogP contribution in [0, 0.1) is 17.5 Å². The van der Waals surface area contributed by atoms with E-state index in [0.717, 1.165) is 36.5 Å². The molecule has 4 rings (SSSR count). The van der Waals surface area contributed by atoms with E-state index in [1.165, 1.54) is 11.6 Å². The van der Waals surface area contributed by atoms with Gasteiger partial charge in [-0.2, -0.15) is 0 Å². The minimum Gasteiger partial charge on any atom is -0.340 e. The van der Waals surface area contributed by atoms with Crippen LogP contribution in [0.4, 0.5) is 30.2 Å². The van der Waals surface area contributed by atoms with Crippen LogP contribution in [0.15, 0.2) is 54.7 Å². The lowest BCUT2D eigenvalue weighted by molar-refractivity contribution is 0.102. The van der Waals surface area contributed by atoms with Crippen molar-refractivity contribution in [2.45, 2.75) is 6.42 Å². The average molecular weight is 369 g/mol. The molecular formula is C20H14F3N3O. The van der Waals surface area contributed by atoms with Crippen LogP contribution in [0.3, 0.4) is 0 Å². The Morgan fingerprint density at radius 1 is 1.00 bits per heavy atom. The lowest BCUT2D eigenvalue weighted by atomic mass is 10.2. The van der Waals surface area contributed by atoms with Gasteiger partial charge in [0.2, 0.25) is 0 Å². The predicted molar refractivity (Wildman–Crippen MR) is 95.7 cm³/mol. The Hall–Kier alpha value is -3.35. The molecule has 136 valence electrons. The van der Waals surface area contributed by atoms with Crippen molar-refractivity contribution in [2.75, 3.05) is 16.8 Å². The first kappa shape index (κ1) is 17.1. The van der Waals surface area contributed by atoms with Crippen molar-refractivity contribution >= 4 is 23.0 Å². The average Bonchev–Trinajstić information content (AvgIpc) is 3.12. The summed E-state index contributed by atoms with van der Waals surface area (Å²) in [6.45, 7) is 0.812. The molecule has 1 N–H and O–H groups in total. The van der Waals surface area contributed by atoms with Crippen molar-refractivity contribution in [1.82, 2.24) is 4.98 Å². The van der Waals surface area contributed by atoms with Crippen LogP contribution in [0.2, 0.25) is 0 Å². The van der Waals surface area contributed by atoms with Gasteiger partial charge in [-0.05, 0) is 42.3 Å². The maximum Gasteiger partial charge on any atom is 0.274 e. The second-order valence-electron chi connectivity index (χ2n) is 6.11. The lowest BCUT2D eigenvalue weighted by Crippen LogP contribution is -2.17. The van der Waals surface area contributed by atoms with Crippen molar-refractivity contribution < 1.29 is 18.0 Å². The molecule has 0 unspecified atom stereocenters. The number of halogens is 3. The van der Waals surface area contributed by atoms with E-state index in [0.29, 0.717) is 0 Å². The summed E-state index contributed by atoms with van der Waals surface area (Å²) in [6, 6.07) is 13.0. The van der Waals surface area contributed by atoms with E-state index in [9.17, 15) is 18.0 Å². The highest BCUT2D eigenvalue weighted by Gasteiger charge is 2.21. The summed E-state index contributed by atoms with van der Waals surface area (Å²) >= 11 is 0. The van der Waals surface area contributed by atoms with Crippen LogP contribution < -0.4 is 10.2 Å². The first-order valence-corrected chi connectivity index (χ1v) is 8.31. The molecule has 7 heteroatoms. The molecule has 0 spiro atoms. The molecule has 0 bridgehead atoms. The molecule has 0 aliphatic carbocycles. The topological polar surface area (TPSA) is 45.2 Å². The number of amides is 1. The Bertz CT molecular complexity index is 1020. The van der Waals surface area contributed by atoms with Crippen LogP contribution in [-0.2, 0) is 6.42 Å². The summed E-state index contributed by atoms with van der Waals surface area (Å²) in [5.41, 5.74) is 2.76. The summed E-state index contributed by atoms with van der Waals surface area (Å²) in [4.78, 5) is 18.4. The number of carbonyl (C=O) groups excluding carboxylic acids is 1. The van der Waals surface area contributed by atoms with Crippen LogP contribution >= 0.6 is 0 Å². The number of nitrogens with zero attached hydrogens (tertiary/aromatic N) is 2. The van der Waals surface area contributed by atoms with Gasteiger partial charge in [0, 0.05) is 12.2 Å². The predicted octanol–water partition coefficient (Wildman–Crippen LogP) is 4.45. The molecule has 3 aromatic rings. The van der Waals surface area contributed by atoms with E-state index in [4.69, 9.17) is 0 Å². The van der Waals surface area contributed by atoms with Crippen LogP contribution in [0.25, 0.3) is 0 Å². The Balaban J connectivity index is 1.53. The summed E-state index contributed by atoms with van der Waals surface area (Å²) < 4.78 is 39.9. The van der Waals surface area contributed by atoms with Crippen LogP contribution in [-0.4, -0.2) is 17.4 Å². The fraction of sp³-hybridized carbons (Fsp3) is 0.100. The number of nitrogens with one attached hydrogen (secondary N) is 1. The van der Waals surface area contributed by atoms with E-state index in [1.54, 1.807) is 12.3 Å². The number of hydrogen-bond donors (Lipinski definition) is 1. The molecule has 1 amide bonds. The third-order valence-electron chi connectivity index (χ3n) is 4.46. The Morgan fingerprint density at radius 2 is 1.81 bits per heavy atom. The lowest BCUT2D eigenvalue weighted by Gasteiger charge is -2.19. The minimum absolute atomic E-state index is 0.0374. The quantitative estimate of drug-likeness (QED) is 0.694. The van der Waals surface area contributed by atoms with Crippen molar-refractivity contribution in [3.05, 3.63) is 83.4 Å². The number of hydrogen-bond acceptors (Lipinski definition) is 3. The smallest absolute Gasteiger partial charge is 0.274 e. The van der Waals surface area contributed by atoms with Gasteiger partial charge in [-0.25, -0.2) is 18.2 Å². The molecule has 1 aromatic heterocycles. The van der Waals surface area contributed by atoms with Crippen LogP contribution in [0.1, 0.15) is 16.1 Å². The maximum atomic E-state index is 13.7. The van der Waals surface area contributed by atoms with E-state index in [-0.39, 0.29) is 5.69 Å². The fourth-order valence-corrected chi connectivity index (χ4v) is 3.10. The number of aromatic nitrogens is 1. The normalized spacial score (nSPS) is 12.8. The third kappa shape index (κ3) is 3.12. The Labute approximate surface area is 153 Å². The molecule has 4 nitrogen and oxygen atoms in total. The monoisotopic (exact) mass is 369 g/mol. The standard InChI is InChI=1S/C20H14F3N3O/c21-14-6-8-15(19(23)18(14)22)25-20(27)16-7-5-13(11-24-16)26-10-9-12-3-1-2-4-17(12)26/h1-8,11H,9-10H2,(H,25,27). The van der Waals surface area contributed by atoms with Gasteiger partial charge in [0.05, 0.1) is 17.6 Å². The summed E-state index contributed by atoms with van der Waals surface area (Å²) in [6.07, 6.45) is 2.48. The second-order valence-corrected chi connectivity index (χ2v) is 6.11. The summed E-state index contributed by atoms with van der Waals surface area (Å²) in [7, 11) is 0. The van der Waals surface area contributed by atoms with Gasteiger partial charge in [0.1, 0.15) is 5.69 Å². The SMILES string of the molecule is O=C(Nc1ccc(F)c(F)c1F)c1ccc(N2CCc3ccccc32)cn1. The molecular weight excluding hydrogens is 355 g/mol. The van der Waals surface area contributed by atoms with E-state index < -0.39 is 29.0 Å². The van der Waals surface area contributed by atoms with Crippen molar-refractivity contribution in [3.8, 4) is 0 Å². The molecule has 0 saturated heterocycles. The second kappa shape index (κ2) is 6.75. The number of para-hydroxylation sites is 1. The van der Waals surface area contributed by atoms with Crippen LogP contribution in [0.5, 0.6) is 0 Å². The van der Waals surface area contributed by atoms with Gasteiger partial charge in [-0.15, -0.1) is 0 Å². The molecule has 0 atom stereocenters. The first-order chi connectivity index (χ1) is 13.0. The molecule has 27 heavy (non-hydrogen) atoms. The zero-order valence-electron chi connectivity index (χ0n) is 14.0. The highest BCUT2D eigenvalue weighted by atomic mass is 19.2. The number of carbonyl (C=O) groups is 1. The largest absolute Gasteiger partial charge is 0.340 e. The van der Waals surface area contributed by atoms with Gasteiger partial charge in [-0.3, -0.25) is 4.79 Å². The van der Waals surface area contributed by atoms with E-state index in [1.807, 2.05) is 18.2 Å². The minimum atomic E-state index is -1.64. The Kier molecular flexibility index (Phi) is 4.27. The first-order valence-electron chi connectivity index (χ1n) is 8.31. The fourth-order valence-electron chi connectivity index (χ4n) is 3.10. The third-order valence-corrected chi connectivity index (χ3v) is 4.46. The molecule has 1 aliphatic rings. The molecule has 0 fully saturated rings. The zero-order valence-corrected chi connectivity index (χ0v) is 14.0. The molecule has 0 radical (unpaired) electrons. The molecule has 0 saturated carbocycles. The summed E-state index contributed by atoms with van der Waals surface area (Å²) in [5.74, 6) is -5.12. The number of benzene rings is 2. The highest BCUT2D eigenvalue weighted by molar-refractivity contribution is 6.03. The van der Waals surface area contributed by atoms with E-state index in [2.05, 4.69) is 21.3 Å². The molecule has 1 aliphatic heterocycles. The Morgan fingerprint density at radius 3 is 2.59 bits per heavy atom. The van der Waals surface area contributed by atoms with Gasteiger partial charge < -0.3 is 10.2 Å². The number of pyridine rings is 1. The highest BCUT2D eigenvalue weighted by Crippen LogP contribution is 2.33. The number of anilines is 3. The maximum absolute atomic E-state index is 13.7. The van der Waals surface area contributed by atoms with Gasteiger partial charge in [0.15, 0.2) is 17.5 Å². The van der Waals surface area contributed by atoms with Gasteiger partial charge in [-0.1, -0.05) is 18.2 Å². The zero-order chi connectivity index (χ0) is 19.0. The summed E-state index contributed by atoms with van der Waals surface area (Å²) in [5, 5.41) is 2.20. The molecule has 2 heterocycles. The van der Waals surface area contributed by atoms with Crippen molar-refractivity contribution in [3.63, 3.8) is 0 Å². The number of rotatable bonds is 3. The number of fused-ring (bicyclic) bond motifs is 1.